The average Bonchev–Trinajstić information content (AvgIpc) is 2.75. The molecule has 5 heteroatoms. The minimum Gasteiger partial charge on any atom is -0.479 e. The quantitative estimate of drug-likeness (QED) is 0.871. The van der Waals surface area contributed by atoms with Crippen LogP contribution in [0.3, 0.4) is 0 Å². The first-order valence-electron chi connectivity index (χ1n) is 6.27. The molecule has 2 rings (SSSR count). The van der Waals surface area contributed by atoms with Crippen LogP contribution in [0.2, 0.25) is 0 Å². The van der Waals surface area contributed by atoms with E-state index in [1.54, 1.807) is 13.3 Å². The van der Waals surface area contributed by atoms with Gasteiger partial charge in [0, 0.05) is 32.9 Å². The molecule has 1 saturated heterocycles. The molecule has 0 spiro atoms. The van der Waals surface area contributed by atoms with E-state index in [9.17, 15) is 0 Å². The van der Waals surface area contributed by atoms with E-state index in [-0.39, 0.29) is 0 Å². The molecule has 1 atom stereocenters. The predicted octanol–water partition coefficient (Wildman–Crippen LogP) is 1.27. The van der Waals surface area contributed by atoms with E-state index in [1.807, 2.05) is 20.2 Å². The molecule has 1 aliphatic rings. The van der Waals surface area contributed by atoms with E-state index < -0.39 is 0 Å². The van der Waals surface area contributed by atoms with E-state index in [4.69, 9.17) is 4.74 Å². The lowest BCUT2D eigenvalue weighted by Crippen LogP contribution is -2.25. The van der Waals surface area contributed by atoms with Crippen LogP contribution in [0.5, 0.6) is 5.88 Å². The van der Waals surface area contributed by atoms with Crippen LogP contribution in [-0.4, -0.2) is 57.3 Å². The van der Waals surface area contributed by atoms with Crippen molar-refractivity contribution in [2.75, 3.05) is 51.6 Å². The molecule has 0 aromatic carbocycles. The van der Waals surface area contributed by atoms with E-state index >= 15 is 0 Å². The number of rotatable bonds is 4. The van der Waals surface area contributed by atoms with Gasteiger partial charge in [0.1, 0.15) is 5.69 Å². The minimum atomic E-state index is 0.465. The highest BCUT2D eigenvalue weighted by atomic mass is 16.5. The lowest BCUT2D eigenvalue weighted by atomic mass is 10.2. The van der Waals surface area contributed by atoms with Gasteiger partial charge in [-0.15, -0.1) is 0 Å². The highest BCUT2D eigenvalue weighted by Gasteiger charge is 2.22. The van der Waals surface area contributed by atoms with Gasteiger partial charge in [0.05, 0.1) is 12.8 Å². The number of methoxy groups -OCH3 is 1. The fourth-order valence-corrected chi connectivity index (χ4v) is 2.35. The van der Waals surface area contributed by atoms with Crippen LogP contribution in [0.1, 0.15) is 6.42 Å². The third kappa shape index (κ3) is 2.67. The first-order valence-corrected chi connectivity index (χ1v) is 6.27. The summed E-state index contributed by atoms with van der Waals surface area (Å²) in [5, 5.41) is 3.57. The van der Waals surface area contributed by atoms with Crippen molar-refractivity contribution >= 4 is 11.4 Å². The lowest BCUT2D eigenvalue weighted by Gasteiger charge is -2.22. The molecule has 1 unspecified atom stereocenters. The Bertz CT molecular complexity index is 408. The van der Waals surface area contributed by atoms with E-state index in [0.717, 1.165) is 30.9 Å². The number of likely N-dealkylation sites (tertiary alicyclic amines) is 1. The molecule has 0 radical (unpaired) electrons. The van der Waals surface area contributed by atoms with Crippen molar-refractivity contribution in [1.82, 2.24) is 9.88 Å². The zero-order chi connectivity index (χ0) is 13.1. The third-order valence-electron chi connectivity index (χ3n) is 3.31. The van der Waals surface area contributed by atoms with Crippen LogP contribution < -0.4 is 15.0 Å². The Morgan fingerprint density at radius 3 is 2.83 bits per heavy atom. The summed E-state index contributed by atoms with van der Waals surface area (Å²) in [6.45, 7) is 2.20. The minimum absolute atomic E-state index is 0.465. The normalized spacial score (nSPS) is 19.9. The van der Waals surface area contributed by atoms with Gasteiger partial charge in [-0.1, -0.05) is 0 Å². The highest BCUT2D eigenvalue weighted by Crippen LogP contribution is 2.33. The summed E-state index contributed by atoms with van der Waals surface area (Å²) in [4.78, 5) is 8.68. The van der Waals surface area contributed by atoms with E-state index in [1.165, 1.54) is 0 Å². The maximum Gasteiger partial charge on any atom is 0.239 e. The Hall–Kier alpha value is -1.49. The van der Waals surface area contributed by atoms with Gasteiger partial charge in [-0.2, -0.15) is 0 Å². The number of hydrogen-bond donors (Lipinski definition) is 1. The smallest absolute Gasteiger partial charge is 0.239 e. The topological polar surface area (TPSA) is 40.6 Å². The van der Waals surface area contributed by atoms with Crippen LogP contribution in [0.4, 0.5) is 11.4 Å². The SMILES string of the molecule is COc1nccc(N(C)C)c1NC1CCN(C)C1. The zero-order valence-corrected chi connectivity index (χ0v) is 11.6. The van der Waals surface area contributed by atoms with Crippen molar-refractivity contribution < 1.29 is 4.74 Å². The number of nitrogens with one attached hydrogen (secondary N) is 1. The van der Waals surface area contributed by atoms with Crippen molar-refractivity contribution in [3.8, 4) is 5.88 Å². The maximum atomic E-state index is 5.36. The van der Waals surface area contributed by atoms with Crippen LogP contribution in [-0.2, 0) is 0 Å². The number of anilines is 2. The van der Waals surface area contributed by atoms with Crippen LogP contribution in [0.15, 0.2) is 12.3 Å². The fraction of sp³-hybridized carbons (Fsp3) is 0.615. The molecule has 0 bridgehead atoms. The van der Waals surface area contributed by atoms with Crippen LogP contribution in [0.25, 0.3) is 0 Å². The Labute approximate surface area is 109 Å². The van der Waals surface area contributed by atoms with Gasteiger partial charge < -0.3 is 19.9 Å². The standard InChI is InChI=1S/C13H22N4O/c1-16(2)11-5-7-14-13(18-4)12(11)15-10-6-8-17(3)9-10/h5,7,10,15H,6,8-9H2,1-4H3. The van der Waals surface area contributed by atoms with Gasteiger partial charge in [0.2, 0.25) is 5.88 Å². The molecule has 1 aromatic rings. The van der Waals surface area contributed by atoms with Crippen molar-refractivity contribution in [3.63, 3.8) is 0 Å². The van der Waals surface area contributed by atoms with Gasteiger partial charge in [-0.05, 0) is 26.1 Å². The molecule has 1 aliphatic heterocycles. The summed E-state index contributed by atoms with van der Waals surface area (Å²) in [5.41, 5.74) is 2.10. The predicted molar refractivity (Wildman–Crippen MR) is 74.6 cm³/mol. The van der Waals surface area contributed by atoms with E-state index in [0.29, 0.717) is 11.9 Å². The summed E-state index contributed by atoms with van der Waals surface area (Å²) in [6.07, 6.45) is 2.93. The van der Waals surface area contributed by atoms with Crippen LogP contribution >= 0.6 is 0 Å². The molecule has 1 fully saturated rings. The molecule has 0 saturated carbocycles. The van der Waals surface area contributed by atoms with Gasteiger partial charge in [0.15, 0.2) is 0 Å². The number of pyridine rings is 1. The summed E-state index contributed by atoms with van der Waals surface area (Å²) in [6, 6.07) is 2.47. The Morgan fingerprint density at radius 1 is 1.50 bits per heavy atom. The summed E-state index contributed by atoms with van der Waals surface area (Å²) >= 11 is 0. The summed E-state index contributed by atoms with van der Waals surface area (Å²) in [7, 11) is 7.87. The number of hydrogen-bond acceptors (Lipinski definition) is 5. The number of ether oxygens (including phenoxy) is 1. The zero-order valence-electron chi connectivity index (χ0n) is 11.6. The molecule has 1 N–H and O–H groups in total. The van der Waals surface area contributed by atoms with Gasteiger partial charge >= 0.3 is 0 Å². The van der Waals surface area contributed by atoms with Gasteiger partial charge in [-0.25, -0.2) is 4.98 Å². The maximum absolute atomic E-state index is 5.36. The molecule has 5 nitrogen and oxygen atoms in total. The number of aromatic nitrogens is 1. The second kappa shape index (κ2) is 5.44. The van der Waals surface area contributed by atoms with E-state index in [2.05, 4.69) is 27.1 Å². The monoisotopic (exact) mass is 250 g/mol. The van der Waals surface area contributed by atoms with Crippen molar-refractivity contribution in [2.24, 2.45) is 0 Å². The molecular weight excluding hydrogens is 228 g/mol. The number of nitrogens with zero attached hydrogens (tertiary/aromatic N) is 3. The van der Waals surface area contributed by atoms with Crippen molar-refractivity contribution in [3.05, 3.63) is 12.3 Å². The molecule has 0 aliphatic carbocycles. The highest BCUT2D eigenvalue weighted by molar-refractivity contribution is 5.74. The van der Waals surface area contributed by atoms with Crippen molar-refractivity contribution in [1.29, 1.82) is 0 Å². The van der Waals surface area contributed by atoms with Crippen molar-refractivity contribution in [2.45, 2.75) is 12.5 Å². The largest absolute Gasteiger partial charge is 0.479 e. The molecular formula is C13H22N4O. The fourth-order valence-electron chi connectivity index (χ4n) is 2.35. The molecule has 1 aromatic heterocycles. The first-order chi connectivity index (χ1) is 8.61. The number of likely N-dealkylation sites (N-methyl/N-ethyl adjacent to an activating group) is 1. The second-order valence-corrected chi connectivity index (χ2v) is 5.00. The van der Waals surface area contributed by atoms with Gasteiger partial charge in [-0.3, -0.25) is 0 Å². The van der Waals surface area contributed by atoms with Gasteiger partial charge in [0.25, 0.3) is 0 Å². The summed E-state index contributed by atoms with van der Waals surface area (Å²) < 4.78 is 5.36. The molecule has 100 valence electrons. The van der Waals surface area contributed by atoms with Crippen LogP contribution in [0, 0.1) is 0 Å². The lowest BCUT2D eigenvalue weighted by molar-refractivity contribution is 0.398. The Balaban J connectivity index is 2.23. The third-order valence-corrected chi connectivity index (χ3v) is 3.31. The Kier molecular flexibility index (Phi) is 3.91. The molecule has 2 heterocycles. The molecule has 18 heavy (non-hydrogen) atoms. The summed E-state index contributed by atoms with van der Waals surface area (Å²) in [5.74, 6) is 0.663. The Morgan fingerprint density at radius 2 is 2.28 bits per heavy atom. The first kappa shape index (κ1) is 13.0. The molecule has 0 amide bonds. The average molecular weight is 250 g/mol. The second-order valence-electron chi connectivity index (χ2n) is 5.00.